The Morgan fingerprint density at radius 1 is 1.53 bits per heavy atom. The molecule has 0 bridgehead atoms. The van der Waals surface area contributed by atoms with Crippen molar-refractivity contribution in [1.82, 2.24) is 0 Å². The van der Waals surface area contributed by atoms with E-state index in [9.17, 15) is 4.79 Å². The van der Waals surface area contributed by atoms with Gasteiger partial charge in [0.25, 0.3) is 0 Å². The van der Waals surface area contributed by atoms with E-state index >= 15 is 0 Å². The molecule has 1 rings (SSSR count). The van der Waals surface area contributed by atoms with E-state index in [2.05, 4.69) is 0 Å². The SMILES string of the molecule is CC(N)(CCSCC1CCCC1)C(=O)O. The molecule has 0 heterocycles. The lowest BCUT2D eigenvalue weighted by molar-refractivity contribution is -0.142. The van der Waals surface area contributed by atoms with Gasteiger partial charge in [0.15, 0.2) is 0 Å². The molecule has 1 aliphatic rings. The van der Waals surface area contributed by atoms with Gasteiger partial charge in [0, 0.05) is 0 Å². The summed E-state index contributed by atoms with van der Waals surface area (Å²) < 4.78 is 0. The van der Waals surface area contributed by atoms with Crippen molar-refractivity contribution in [2.75, 3.05) is 11.5 Å². The standard InChI is InChI=1S/C11H21NO2S/c1-11(12,10(13)14)6-7-15-8-9-4-2-3-5-9/h9H,2-8,12H2,1H3,(H,13,14). The first kappa shape index (κ1) is 12.8. The van der Waals surface area contributed by atoms with Crippen molar-refractivity contribution in [1.29, 1.82) is 0 Å². The number of hydrogen-bond acceptors (Lipinski definition) is 3. The normalized spacial score (nSPS) is 21.5. The second kappa shape index (κ2) is 5.75. The van der Waals surface area contributed by atoms with Crippen LogP contribution >= 0.6 is 11.8 Å². The van der Waals surface area contributed by atoms with Gasteiger partial charge < -0.3 is 10.8 Å². The Bertz CT molecular complexity index is 213. The van der Waals surface area contributed by atoms with Crippen LogP contribution in [0, 0.1) is 5.92 Å². The van der Waals surface area contributed by atoms with Crippen LogP contribution in [-0.2, 0) is 4.79 Å². The number of carboxylic acids is 1. The molecule has 4 heteroatoms. The largest absolute Gasteiger partial charge is 0.480 e. The van der Waals surface area contributed by atoms with Crippen LogP contribution in [0.5, 0.6) is 0 Å². The highest BCUT2D eigenvalue weighted by Crippen LogP contribution is 2.28. The maximum Gasteiger partial charge on any atom is 0.323 e. The molecule has 0 aromatic rings. The molecule has 0 aromatic carbocycles. The molecule has 0 aromatic heterocycles. The van der Waals surface area contributed by atoms with Gasteiger partial charge in [-0.15, -0.1) is 0 Å². The fourth-order valence-corrected chi connectivity index (χ4v) is 3.22. The van der Waals surface area contributed by atoms with E-state index in [1.54, 1.807) is 6.92 Å². The van der Waals surface area contributed by atoms with Gasteiger partial charge in [0.1, 0.15) is 5.54 Å². The molecule has 15 heavy (non-hydrogen) atoms. The minimum absolute atomic E-state index is 0.555. The first-order valence-electron chi connectivity index (χ1n) is 5.62. The van der Waals surface area contributed by atoms with Crippen molar-refractivity contribution in [2.45, 2.75) is 44.6 Å². The summed E-state index contributed by atoms with van der Waals surface area (Å²) in [6.07, 6.45) is 6.00. The van der Waals surface area contributed by atoms with Crippen LogP contribution in [0.3, 0.4) is 0 Å². The van der Waals surface area contributed by atoms with E-state index in [1.807, 2.05) is 11.8 Å². The topological polar surface area (TPSA) is 63.3 Å². The Labute approximate surface area is 95.8 Å². The number of rotatable bonds is 6. The summed E-state index contributed by atoms with van der Waals surface area (Å²) in [6, 6.07) is 0. The third-order valence-corrected chi connectivity index (χ3v) is 4.28. The summed E-state index contributed by atoms with van der Waals surface area (Å²) >= 11 is 1.85. The molecule has 1 fully saturated rings. The van der Waals surface area contributed by atoms with Crippen LogP contribution in [0.15, 0.2) is 0 Å². The van der Waals surface area contributed by atoms with Gasteiger partial charge in [-0.1, -0.05) is 12.8 Å². The molecule has 0 radical (unpaired) electrons. The molecule has 1 unspecified atom stereocenters. The Kier molecular flexibility index (Phi) is 4.93. The first-order valence-corrected chi connectivity index (χ1v) is 6.78. The third kappa shape index (κ3) is 4.43. The van der Waals surface area contributed by atoms with Crippen LogP contribution in [-0.4, -0.2) is 28.1 Å². The fraction of sp³-hybridized carbons (Fsp3) is 0.909. The quantitative estimate of drug-likeness (QED) is 0.687. The van der Waals surface area contributed by atoms with Crippen molar-refractivity contribution in [3.8, 4) is 0 Å². The van der Waals surface area contributed by atoms with Crippen molar-refractivity contribution in [3.05, 3.63) is 0 Å². The number of hydrogen-bond donors (Lipinski definition) is 2. The van der Waals surface area contributed by atoms with Crippen LogP contribution in [0.4, 0.5) is 0 Å². The van der Waals surface area contributed by atoms with Crippen molar-refractivity contribution < 1.29 is 9.90 Å². The molecule has 1 aliphatic carbocycles. The molecule has 3 N–H and O–H groups in total. The molecular formula is C11H21NO2S. The van der Waals surface area contributed by atoms with E-state index in [1.165, 1.54) is 31.4 Å². The second-order valence-electron chi connectivity index (χ2n) is 4.70. The molecule has 0 aliphatic heterocycles. The molecule has 3 nitrogen and oxygen atoms in total. The monoisotopic (exact) mass is 231 g/mol. The average molecular weight is 231 g/mol. The van der Waals surface area contributed by atoms with Gasteiger partial charge in [-0.05, 0) is 43.6 Å². The van der Waals surface area contributed by atoms with Gasteiger partial charge in [0.05, 0.1) is 0 Å². The van der Waals surface area contributed by atoms with Crippen LogP contribution in [0.25, 0.3) is 0 Å². The van der Waals surface area contributed by atoms with Crippen LogP contribution in [0.2, 0.25) is 0 Å². The van der Waals surface area contributed by atoms with E-state index in [-0.39, 0.29) is 0 Å². The van der Waals surface area contributed by atoms with Gasteiger partial charge in [-0.25, -0.2) is 0 Å². The van der Waals surface area contributed by atoms with Crippen molar-refractivity contribution in [2.24, 2.45) is 11.7 Å². The predicted octanol–water partition coefficient (Wildman–Crippen LogP) is 2.10. The lowest BCUT2D eigenvalue weighted by Crippen LogP contribution is -2.45. The summed E-state index contributed by atoms with van der Waals surface area (Å²) in [5.74, 6) is 2.00. The smallest absolute Gasteiger partial charge is 0.323 e. The Morgan fingerprint density at radius 2 is 2.13 bits per heavy atom. The molecule has 88 valence electrons. The first-order chi connectivity index (χ1) is 7.02. The maximum atomic E-state index is 10.7. The lowest BCUT2D eigenvalue weighted by Gasteiger charge is -2.18. The van der Waals surface area contributed by atoms with Gasteiger partial charge in [0.2, 0.25) is 0 Å². The maximum absolute atomic E-state index is 10.7. The summed E-state index contributed by atoms with van der Waals surface area (Å²) in [5.41, 5.74) is 4.59. The van der Waals surface area contributed by atoms with E-state index in [0.29, 0.717) is 6.42 Å². The fourth-order valence-electron chi connectivity index (χ4n) is 1.82. The number of aliphatic carboxylic acids is 1. The number of nitrogens with two attached hydrogens (primary N) is 1. The second-order valence-corrected chi connectivity index (χ2v) is 5.85. The minimum atomic E-state index is -1.05. The molecule has 0 amide bonds. The number of carboxylic acid groups (broad SMARTS) is 1. The summed E-state index contributed by atoms with van der Waals surface area (Å²) in [7, 11) is 0. The zero-order chi connectivity index (χ0) is 11.3. The summed E-state index contributed by atoms with van der Waals surface area (Å²) in [4.78, 5) is 10.7. The highest BCUT2D eigenvalue weighted by atomic mass is 32.2. The van der Waals surface area contributed by atoms with E-state index < -0.39 is 11.5 Å². The Hall–Kier alpha value is -0.220. The highest BCUT2D eigenvalue weighted by molar-refractivity contribution is 7.99. The lowest BCUT2D eigenvalue weighted by atomic mass is 10.0. The zero-order valence-electron chi connectivity index (χ0n) is 9.37. The Morgan fingerprint density at radius 3 is 2.67 bits per heavy atom. The van der Waals surface area contributed by atoms with Crippen LogP contribution < -0.4 is 5.73 Å². The highest BCUT2D eigenvalue weighted by Gasteiger charge is 2.27. The molecule has 1 atom stereocenters. The van der Waals surface area contributed by atoms with E-state index in [0.717, 1.165) is 11.7 Å². The zero-order valence-corrected chi connectivity index (χ0v) is 10.2. The molecule has 0 spiro atoms. The average Bonchev–Trinajstić information content (AvgIpc) is 2.64. The van der Waals surface area contributed by atoms with Crippen LogP contribution in [0.1, 0.15) is 39.0 Å². The predicted molar refractivity (Wildman–Crippen MR) is 64.1 cm³/mol. The number of thioether (sulfide) groups is 1. The van der Waals surface area contributed by atoms with Gasteiger partial charge >= 0.3 is 5.97 Å². The van der Waals surface area contributed by atoms with Crippen molar-refractivity contribution in [3.63, 3.8) is 0 Å². The molecule has 0 saturated heterocycles. The summed E-state index contributed by atoms with van der Waals surface area (Å²) in [5, 5.41) is 8.82. The van der Waals surface area contributed by atoms with E-state index in [4.69, 9.17) is 10.8 Å². The third-order valence-electron chi connectivity index (χ3n) is 3.08. The Balaban J connectivity index is 2.08. The minimum Gasteiger partial charge on any atom is -0.480 e. The van der Waals surface area contributed by atoms with Gasteiger partial charge in [-0.2, -0.15) is 11.8 Å². The summed E-state index contributed by atoms with van der Waals surface area (Å²) in [6.45, 7) is 1.59. The molecular weight excluding hydrogens is 210 g/mol. The van der Waals surface area contributed by atoms with Gasteiger partial charge in [-0.3, -0.25) is 4.79 Å². The number of carbonyl (C=O) groups is 1. The van der Waals surface area contributed by atoms with Crippen molar-refractivity contribution >= 4 is 17.7 Å². The molecule has 1 saturated carbocycles.